The van der Waals surface area contributed by atoms with Gasteiger partial charge in [0.15, 0.2) is 0 Å². The third-order valence-electron chi connectivity index (χ3n) is 3.58. The van der Waals surface area contributed by atoms with Gasteiger partial charge in [-0.25, -0.2) is 0 Å². The lowest BCUT2D eigenvalue weighted by Gasteiger charge is -2.16. The van der Waals surface area contributed by atoms with Crippen LogP contribution >= 0.6 is 0 Å². The van der Waals surface area contributed by atoms with Crippen LogP contribution in [-0.4, -0.2) is 22.4 Å². The Hall–Kier alpha value is -1.26. The number of hydrogen-bond acceptors (Lipinski definition) is 0. The van der Waals surface area contributed by atoms with Gasteiger partial charge in [-0.15, -0.1) is 0 Å². The monoisotopic (exact) mass is 309 g/mol. The molecular weight excluding hydrogens is 284 g/mol. The van der Waals surface area contributed by atoms with Crippen molar-refractivity contribution in [3.05, 3.63) is 59.7 Å². The van der Waals surface area contributed by atoms with Crippen LogP contribution in [0.25, 0.3) is 0 Å². The molecule has 0 bridgehead atoms. The molecule has 0 spiro atoms. The second-order valence-electron chi connectivity index (χ2n) is 6.95. The van der Waals surface area contributed by atoms with Crippen molar-refractivity contribution in [2.45, 2.75) is 39.9 Å². The predicted octanol–water partition coefficient (Wildman–Crippen LogP) is 3.36. The van der Waals surface area contributed by atoms with E-state index in [1.807, 2.05) is 0 Å². The molecule has 0 fully saturated rings. The predicted molar refractivity (Wildman–Crippen MR) is 100 cm³/mol. The molecule has 0 N–H and O–H groups in total. The minimum absolute atomic E-state index is 0.838. The zero-order valence-corrected chi connectivity index (χ0v) is 15.8. The average Bonchev–Trinajstić information content (AvgIpc) is 2.40. The van der Waals surface area contributed by atoms with Crippen LogP contribution in [-0.2, 0) is 6.42 Å². The topological polar surface area (TPSA) is 0 Å². The Morgan fingerprint density at radius 2 is 1.29 bits per heavy atom. The highest BCUT2D eigenvalue weighted by molar-refractivity contribution is 6.88. The Labute approximate surface area is 132 Å². The van der Waals surface area contributed by atoms with Gasteiger partial charge in [0.05, 0.1) is 17.2 Å². The van der Waals surface area contributed by atoms with Gasteiger partial charge in [-0.05, 0) is 36.6 Å². The molecule has 2 heteroatoms. The average molecular weight is 310 g/mol. The van der Waals surface area contributed by atoms with Crippen LogP contribution in [0.3, 0.4) is 0 Å². The quantitative estimate of drug-likeness (QED) is 0.760. The maximum atomic E-state index is 2.40. The van der Waals surface area contributed by atoms with Crippen LogP contribution in [0.5, 0.6) is 0 Å². The first kappa shape index (κ1) is 16.1. The standard InChI is InChI=1S/C19H25Si2/c1-15(2)20-18-10-6-16(7-11-18)14-17-8-12-19(13-9-17)21(3,4)5/h6-13H,14H2,1-5H3. The number of rotatable bonds is 4. The van der Waals surface area contributed by atoms with Crippen molar-refractivity contribution in [1.82, 2.24) is 0 Å². The van der Waals surface area contributed by atoms with Gasteiger partial charge in [-0.1, -0.05) is 78.5 Å². The van der Waals surface area contributed by atoms with Gasteiger partial charge in [-0.3, -0.25) is 0 Å². The summed E-state index contributed by atoms with van der Waals surface area (Å²) in [5.41, 5.74) is 2.81. The Morgan fingerprint density at radius 1 is 0.810 bits per heavy atom. The molecule has 0 saturated heterocycles. The fraction of sp³-hybridized carbons (Fsp3) is 0.316. The number of hydrogen-bond donors (Lipinski definition) is 0. The lowest BCUT2D eigenvalue weighted by atomic mass is 10.1. The van der Waals surface area contributed by atoms with E-state index < -0.39 is 8.07 Å². The molecule has 0 atom stereocenters. The van der Waals surface area contributed by atoms with Crippen LogP contribution in [0.1, 0.15) is 25.0 Å². The molecule has 109 valence electrons. The molecule has 2 aromatic rings. The van der Waals surface area contributed by atoms with Crippen molar-refractivity contribution in [1.29, 1.82) is 0 Å². The molecule has 0 aliphatic heterocycles. The lowest BCUT2D eigenvalue weighted by Crippen LogP contribution is -2.37. The fourth-order valence-corrected chi connectivity index (χ4v) is 4.43. The molecule has 0 aromatic heterocycles. The van der Waals surface area contributed by atoms with Gasteiger partial charge >= 0.3 is 0 Å². The number of benzene rings is 2. The summed E-state index contributed by atoms with van der Waals surface area (Å²) in [5, 5.41) is 4.47. The van der Waals surface area contributed by atoms with Crippen molar-refractivity contribution in [3.63, 3.8) is 0 Å². The van der Waals surface area contributed by atoms with E-state index in [-0.39, 0.29) is 0 Å². The van der Waals surface area contributed by atoms with E-state index in [0.717, 1.165) is 15.6 Å². The van der Waals surface area contributed by atoms with Crippen molar-refractivity contribution in [2.75, 3.05) is 0 Å². The summed E-state index contributed by atoms with van der Waals surface area (Å²) in [4.78, 5) is 0. The third-order valence-corrected chi connectivity index (χ3v) is 6.76. The maximum Gasteiger partial charge on any atom is 0.0775 e. The highest BCUT2D eigenvalue weighted by Crippen LogP contribution is 2.09. The van der Waals surface area contributed by atoms with E-state index in [1.165, 1.54) is 26.7 Å². The molecule has 1 radical (unpaired) electrons. The molecule has 2 rings (SSSR count). The molecule has 21 heavy (non-hydrogen) atoms. The molecular formula is C19H25Si2. The van der Waals surface area contributed by atoms with E-state index in [9.17, 15) is 0 Å². The van der Waals surface area contributed by atoms with Gasteiger partial charge in [0.2, 0.25) is 0 Å². The van der Waals surface area contributed by atoms with Crippen molar-refractivity contribution >= 4 is 32.7 Å². The Kier molecular flexibility index (Phi) is 5.12. The SMILES string of the molecule is CC(C)=[Si]c1ccc(Cc2ccc([Si](C)(C)C)cc2)cc1. The summed E-state index contributed by atoms with van der Waals surface area (Å²) in [6.45, 7) is 11.6. The molecule has 2 aromatic carbocycles. The summed E-state index contributed by atoms with van der Waals surface area (Å²) in [6.07, 6.45) is 1.03. The van der Waals surface area contributed by atoms with Crippen molar-refractivity contribution < 1.29 is 0 Å². The van der Waals surface area contributed by atoms with Crippen LogP contribution in [0.15, 0.2) is 48.5 Å². The summed E-state index contributed by atoms with van der Waals surface area (Å²) in [7, 11) is -0.335. The smallest absolute Gasteiger partial charge is 0.0775 e. The summed E-state index contributed by atoms with van der Waals surface area (Å²) < 4.78 is 0. The van der Waals surface area contributed by atoms with Gasteiger partial charge < -0.3 is 0 Å². The normalized spacial score (nSPS) is 11.3. The summed E-state index contributed by atoms with van der Waals surface area (Å²) in [6, 6.07) is 18.4. The minimum atomic E-state index is -1.17. The largest absolute Gasteiger partial charge is 0.0906 e. The fourth-order valence-electron chi connectivity index (χ4n) is 2.35. The molecule has 0 heterocycles. The molecule has 0 nitrogen and oxygen atoms in total. The van der Waals surface area contributed by atoms with Gasteiger partial charge in [0.25, 0.3) is 0 Å². The molecule has 0 unspecified atom stereocenters. The Morgan fingerprint density at radius 3 is 1.71 bits per heavy atom. The summed E-state index contributed by atoms with van der Waals surface area (Å²) >= 11 is 0. The zero-order valence-electron chi connectivity index (χ0n) is 13.8. The van der Waals surface area contributed by atoms with Crippen LogP contribution in [0.2, 0.25) is 19.6 Å². The van der Waals surface area contributed by atoms with Crippen molar-refractivity contribution in [3.8, 4) is 0 Å². The van der Waals surface area contributed by atoms with E-state index >= 15 is 0 Å². The highest BCUT2D eigenvalue weighted by Gasteiger charge is 2.15. The van der Waals surface area contributed by atoms with E-state index in [2.05, 4.69) is 82.0 Å². The second kappa shape index (κ2) is 6.67. The first-order chi connectivity index (χ1) is 9.84. The minimum Gasteiger partial charge on any atom is -0.0906 e. The maximum absolute atomic E-state index is 2.40. The van der Waals surface area contributed by atoms with Crippen molar-refractivity contribution in [2.24, 2.45) is 0 Å². The summed E-state index contributed by atoms with van der Waals surface area (Å²) in [5.74, 6) is 0. The van der Waals surface area contributed by atoms with E-state index in [1.54, 1.807) is 0 Å². The molecule has 0 aliphatic carbocycles. The van der Waals surface area contributed by atoms with Gasteiger partial charge in [-0.2, -0.15) is 0 Å². The highest BCUT2D eigenvalue weighted by atomic mass is 28.3. The lowest BCUT2D eigenvalue weighted by molar-refractivity contribution is 1.20. The second-order valence-corrected chi connectivity index (χ2v) is 13.9. The molecule has 0 aliphatic rings. The van der Waals surface area contributed by atoms with Gasteiger partial charge in [0, 0.05) is 0 Å². The zero-order chi connectivity index (χ0) is 15.5. The van der Waals surface area contributed by atoms with Crippen LogP contribution < -0.4 is 10.4 Å². The van der Waals surface area contributed by atoms with E-state index in [4.69, 9.17) is 0 Å². The third kappa shape index (κ3) is 4.90. The first-order valence-electron chi connectivity index (χ1n) is 7.60. The first-order valence-corrected chi connectivity index (χ1v) is 12.1. The Balaban J connectivity index is 2.10. The van der Waals surface area contributed by atoms with Crippen LogP contribution in [0, 0.1) is 0 Å². The van der Waals surface area contributed by atoms with Crippen LogP contribution in [0.4, 0.5) is 0 Å². The van der Waals surface area contributed by atoms with Gasteiger partial charge in [0.1, 0.15) is 0 Å². The van der Waals surface area contributed by atoms with E-state index in [0.29, 0.717) is 0 Å². The molecule has 0 saturated carbocycles. The Bertz CT molecular complexity index is 610. The molecule has 0 amide bonds.